The Morgan fingerprint density at radius 2 is 1.90 bits per heavy atom. The van der Waals surface area contributed by atoms with E-state index < -0.39 is 6.04 Å². The van der Waals surface area contributed by atoms with E-state index in [1.807, 2.05) is 72.2 Å². The van der Waals surface area contributed by atoms with Crippen LogP contribution in [0.3, 0.4) is 0 Å². The lowest BCUT2D eigenvalue weighted by molar-refractivity contribution is -0.121. The van der Waals surface area contributed by atoms with Gasteiger partial charge in [0.05, 0.1) is 30.4 Å². The molecular formula is C31H26BrClN6O2. The number of aryl methyl sites for hydroxylation is 1. The van der Waals surface area contributed by atoms with Gasteiger partial charge in [0.15, 0.2) is 5.82 Å². The van der Waals surface area contributed by atoms with Gasteiger partial charge in [-0.15, -0.1) is 10.2 Å². The first-order valence-electron chi connectivity index (χ1n) is 13.1. The maximum Gasteiger partial charge on any atom is 0.222 e. The van der Waals surface area contributed by atoms with Gasteiger partial charge in [-0.2, -0.15) is 0 Å². The van der Waals surface area contributed by atoms with E-state index in [0.29, 0.717) is 35.4 Å². The molecular weight excluding hydrogens is 604 g/mol. The number of aliphatic imine (C=N–C) groups is 1. The number of fused-ring (bicyclic) bond motifs is 4. The van der Waals surface area contributed by atoms with Gasteiger partial charge in [0.1, 0.15) is 17.6 Å². The molecule has 0 bridgehead atoms. The number of amides is 1. The molecule has 0 saturated carbocycles. The number of carbonyl (C=O) groups is 1. The van der Waals surface area contributed by atoms with E-state index in [9.17, 15) is 4.79 Å². The normalized spacial score (nSPS) is 14.1. The second kappa shape index (κ2) is 11.4. The van der Waals surface area contributed by atoms with Crippen LogP contribution in [0.15, 0.2) is 82.4 Å². The minimum absolute atomic E-state index is 0.116. The molecule has 0 unspecified atom stereocenters. The quantitative estimate of drug-likeness (QED) is 0.232. The Hall–Kier alpha value is -4.08. The standard InChI is InChI=1S/C31H26BrClN6O2/c1-18-37-38-31-27(16-29(40)34-12-11-19-3-9-26-21(13-19)14-22(32)17-35-26)36-30(20-4-6-23(33)7-5-20)25-15-24(41-2)8-10-28(25)39(18)31/h3-10,13-15,17,27H,11-12,16H2,1-2H3,(H,34,40)/t27-/m0/s1. The molecule has 0 fully saturated rings. The van der Waals surface area contributed by atoms with Gasteiger partial charge in [-0.25, -0.2) is 0 Å². The Morgan fingerprint density at radius 1 is 1.07 bits per heavy atom. The van der Waals surface area contributed by atoms with E-state index in [1.54, 1.807) is 13.3 Å². The number of nitrogens with zero attached hydrogens (tertiary/aromatic N) is 5. The number of benzene rings is 3. The summed E-state index contributed by atoms with van der Waals surface area (Å²) in [6.45, 7) is 2.39. The lowest BCUT2D eigenvalue weighted by Gasteiger charge is -2.14. The third-order valence-electron chi connectivity index (χ3n) is 7.08. The van der Waals surface area contributed by atoms with Gasteiger partial charge in [-0.05, 0) is 83.4 Å². The van der Waals surface area contributed by atoms with Crippen molar-refractivity contribution >= 4 is 50.1 Å². The number of aromatic nitrogens is 4. The minimum Gasteiger partial charge on any atom is -0.497 e. The summed E-state index contributed by atoms with van der Waals surface area (Å²) >= 11 is 9.67. The Kier molecular flexibility index (Phi) is 7.55. The molecule has 0 spiro atoms. The van der Waals surface area contributed by atoms with Crippen LogP contribution in [-0.2, 0) is 11.2 Å². The molecule has 10 heteroatoms. The van der Waals surface area contributed by atoms with Crippen molar-refractivity contribution in [1.82, 2.24) is 25.1 Å². The van der Waals surface area contributed by atoms with Gasteiger partial charge < -0.3 is 10.1 Å². The van der Waals surface area contributed by atoms with Crippen molar-refractivity contribution in [3.8, 4) is 11.4 Å². The molecule has 1 N–H and O–H groups in total. The number of nitrogens with one attached hydrogen (secondary N) is 1. The second-order valence-electron chi connectivity index (χ2n) is 9.81. The fraction of sp³-hybridized carbons (Fsp3) is 0.194. The van der Waals surface area contributed by atoms with E-state index in [0.717, 1.165) is 43.5 Å². The highest BCUT2D eigenvalue weighted by atomic mass is 79.9. The van der Waals surface area contributed by atoms with Gasteiger partial charge in [0.25, 0.3) is 0 Å². The number of methoxy groups -OCH3 is 1. The third kappa shape index (κ3) is 5.60. The molecule has 5 aromatic rings. The van der Waals surface area contributed by atoms with E-state index in [1.165, 1.54) is 0 Å². The fourth-order valence-electron chi connectivity index (χ4n) is 5.08. The topological polar surface area (TPSA) is 94.3 Å². The SMILES string of the molecule is COc1ccc2c(c1)C(c1ccc(Cl)cc1)=N[C@@H](CC(=O)NCCc1ccc3ncc(Br)cc3c1)c1nnc(C)n1-2. The summed E-state index contributed by atoms with van der Waals surface area (Å²) in [6.07, 6.45) is 2.60. The largest absolute Gasteiger partial charge is 0.497 e. The van der Waals surface area contributed by atoms with Crippen LogP contribution in [0.4, 0.5) is 0 Å². The molecule has 0 radical (unpaired) electrons. The summed E-state index contributed by atoms with van der Waals surface area (Å²) < 4.78 is 8.44. The maximum atomic E-state index is 13.3. The van der Waals surface area contributed by atoms with Gasteiger partial charge in [0, 0.05) is 38.8 Å². The first-order chi connectivity index (χ1) is 19.9. The lowest BCUT2D eigenvalue weighted by Crippen LogP contribution is -2.27. The molecule has 2 aromatic heterocycles. The van der Waals surface area contributed by atoms with Gasteiger partial charge in [-0.3, -0.25) is 19.3 Å². The highest BCUT2D eigenvalue weighted by molar-refractivity contribution is 9.10. The Morgan fingerprint density at radius 3 is 2.71 bits per heavy atom. The summed E-state index contributed by atoms with van der Waals surface area (Å²) in [5.74, 6) is 1.91. The zero-order valence-corrected chi connectivity index (χ0v) is 24.8. The summed E-state index contributed by atoms with van der Waals surface area (Å²) in [5.41, 5.74) is 5.39. The van der Waals surface area contributed by atoms with Crippen LogP contribution in [0.5, 0.6) is 5.75 Å². The summed E-state index contributed by atoms with van der Waals surface area (Å²) in [6, 6.07) is 21.0. The summed E-state index contributed by atoms with van der Waals surface area (Å²) in [4.78, 5) is 22.8. The average molecular weight is 630 g/mol. The third-order valence-corrected chi connectivity index (χ3v) is 7.76. The number of rotatable bonds is 7. The molecule has 3 heterocycles. The summed E-state index contributed by atoms with van der Waals surface area (Å²) in [7, 11) is 1.63. The number of ether oxygens (including phenoxy) is 1. The van der Waals surface area contributed by atoms with Crippen LogP contribution in [0, 0.1) is 6.92 Å². The van der Waals surface area contributed by atoms with Crippen molar-refractivity contribution in [2.24, 2.45) is 4.99 Å². The summed E-state index contributed by atoms with van der Waals surface area (Å²) in [5, 5.41) is 13.6. The van der Waals surface area contributed by atoms with Crippen LogP contribution >= 0.6 is 27.5 Å². The Balaban J connectivity index is 1.28. The molecule has 0 aliphatic carbocycles. The van der Waals surface area contributed by atoms with Crippen molar-refractivity contribution in [3.63, 3.8) is 0 Å². The van der Waals surface area contributed by atoms with E-state index in [-0.39, 0.29) is 12.3 Å². The molecule has 1 aliphatic heterocycles. The van der Waals surface area contributed by atoms with Crippen molar-refractivity contribution < 1.29 is 9.53 Å². The maximum absolute atomic E-state index is 13.3. The smallest absolute Gasteiger partial charge is 0.222 e. The molecule has 1 atom stereocenters. The Labute approximate surface area is 250 Å². The van der Waals surface area contributed by atoms with Crippen molar-refractivity contribution in [2.75, 3.05) is 13.7 Å². The molecule has 3 aromatic carbocycles. The zero-order valence-electron chi connectivity index (χ0n) is 22.4. The highest BCUT2D eigenvalue weighted by Crippen LogP contribution is 2.34. The molecule has 1 aliphatic rings. The first-order valence-corrected chi connectivity index (χ1v) is 14.3. The fourth-order valence-corrected chi connectivity index (χ4v) is 5.56. The highest BCUT2D eigenvalue weighted by Gasteiger charge is 2.30. The minimum atomic E-state index is -0.552. The number of carbonyl (C=O) groups excluding carboxylic acids is 1. The van der Waals surface area contributed by atoms with Crippen LogP contribution in [0.2, 0.25) is 5.02 Å². The monoisotopic (exact) mass is 628 g/mol. The van der Waals surface area contributed by atoms with Crippen LogP contribution in [0.1, 0.15) is 40.8 Å². The van der Waals surface area contributed by atoms with Crippen molar-refractivity contribution in [2.45, 2.75) is 25.8 Å². The van der Waals surface area contributed by atoms with Gasteiger partial charge in [0.2, 0.25) is 5.91 Å². The second-order valence-corrected chi connectivity index (χ2v) is 11.2. The molecule has 0 saturated heterocycles. The van der Waals surface area contributed by atoms with Gasteiger partial charge >= 0.3 is 0 Å². The molecule has 41 heavy (non-hydrogen) atoms. The number of hydrogen-bond acceptors (Lipinski definition) is 6. The molecule has 1 amide bonds. The molecule has 206 valence electrons. The van der Waals surface area contributed by atoms with E-state index in [4.69, 9.17) is 21.3 Å². The first kappa shape index (κ1) is 27.1. The van der Waals surface area contributed by atoms with E-state index in [2.05, 4.69) is 42.5 Å². The predicted octanol–water partition coefficient (Wildman–Crippen LogP) is 6.19. The molecule has 6 rings (SSSR count). The molecule has 8 nitrogen and oxygen atoms in total. The number of hydrogen-bond donors (Lipinski definition) is 1. The van der Waals surface area contributed by atoms with Crippen LogP contribution in [-0.4, -0.2) is 45.0 Å². The average Bonchev–Trinajstić information content (AvgIpc) is 3.30. The zero-order chi connectivity index (χ0) is 28.5. The number of halogens is 2. The number of pyridine rings is 1. The van der Waals surface area contributed by atoms with Crippen molar-refractivity contribution in [3.05, 3.63) is 111 Å². The van der Waals surface area contributed by atoms with Crippen LogP contribution < -0.4 is 10.1 Å². The lowest BCUT2D eigenvalue weighted by atomic mass is 10.00. The van der Waals surface area contributed by atoms with Gasteiger partial charge in [-0.1, -0.05) is 29.8 Å². The Bertz CT molecular complexity index is 1800. The van der Waals surface area contributed by atoms with Crippen LogP contribution in [0.25, 0.3) is 16.6 Å². The predicted molar refractivity (Wildman–Crippen MR) is 163 cm³/mol. The van der Waals surface area contributed by atoms with E-state index >= 15 is 0 Å². The van der Waals surface area contributed by atoms with Crippen molar-refractivity contribution in [1.29, 1.82) is 0 Å².